The molecular formula is C41H48F3N7O9. The second-order valence-electron chi connectivity index (χ2n) is 15.1. The van der Waals surface area contributed by atoms with Gasteiger partial charge in [0.15, 0.2) is 0 Å². The molecule has 3 aromatic carbocycles. The highest BCUT2D eigenvalue weighted by Crippen LogP contribution is 2.29. The van der Waals surface area contributed by atoms with E-state index in [1.807, 2.05) is 42.5 Å². The smallest absolute Gasteiger partial charge is 0.475 e. The van der Waals surface area contributed by atoms with Gasteiger partial charge in [-0.2, -0.15) is 18.3 Å². The summed E-state index contributed by atoms with van der Waals surface area (Å²) in [6.45, 7) is 6.13. The number of rotatable bonds is 13. The molecule has 5 amide bonds. The number of aliphatic carboxylic acids is 1. The summed E-state index contributed by atoms with van der Waals surface area (Å²) < 4.78 is 36.9. The van der Waals surface area contributed by atoms with Crippen LogP contribution in [-0.4, -0.2) is 93.7 Å². The van der Waals surface area contributed by atoms with Crippen LogP contribution in [0.4, 0.5) is 28.4 Å². The van der Waals surface area contributed by atoms with Crippen LogP contribution in [0.3, 0.4) is 0 Å². The highest BCUT2D eigenvalue weighted by atomic mass is 19.4. The molecule has 16 nitrogen and oxygen atoms in total. The fourth-order valence-corrected chi connectivity index (χ4v) is 6.29. The highest BCUT2D eigenvalue weighted by Gasteiger charge is 2.38. The summed E-state index contributed by atoms with van der Waals surface area (Å²) in [7, 11) is 0. The van der Waals surface area contributed by atoms with Crippen molar-refractivity contribution in [3.8, 4) is 11.1 Å². The molecule has 0 spiro atoms. The molecule has 0 saturated heterocycles. The summed E-state index contributed by atoms with van der Waals surface area (Å²) in [5.41, 5.74) is 3.75. The third kappa shape index (κ3) is 14.9. The van der Waals surface area contributed by atoms with Crippen LogP contribution in [-0.2, 0) is 25.5 Å². The Labute approximate surface area is 343 Å². The zero-order valence-corrected chi connectivity index (χ0v) is 33.2. The van der Waals surface area contributed by atoms with Crippen molar-refractivity contribution in [1.82, 2.24) is 31.5 Å². The van der Waals surface area contributed by atoms with Crippen LogP contribution in [0, 0.1) is 11.8 Å². The van der Waals surface area contributed by atoms with E-state index in [4.69, 9.17) is 19.7 Å². The Morgan fingerprint density at radius 2 is 1.52 bits per heavy atom. The second kappa shape index (κ2) is 20.9. The van der Waals surface area contributed by atoms with Crippen molar-refractivity contribution in [3.63, 3.8) is 0 Å². The van der Waals surface area contributed by atoms with Crippen molar-refractivity contribution in [2.24, 2.45) is 11.8 Å². The molecule has 322 valence electrons. The van der Waals surface area contributed by atoms with E-state index in [0.29, 0.717) is 43.5 Å². The minimum atomic E-state index is -5.08. The number of anilines is 1. The Morgan fingerprint density at radius 1 is 0.850 bits per heavy atom. The largest absolute Gasteiger partial charge is 0.490 e. The molecule has 0 unspecified atom stereocenters. The lowest BCUT2D eigenvalue weighted by Crippen LogP contribution is -2.48. The number of amides is 5. The quantitative estimate of drug-likeness (QED) is 0.0747. The average Bonchev–Trinajstić information content (AvgIpc) is 3.66. The van der Waals surface area contributed by atoms with Crippen LogP contribution in [0.1, 0.15) is 62.4 Å². The van der Waals surface area contributed by atoms with E-state index in [2.05, 4.69) is 36.8 Å². The first-order valence-corrected chi connectivity index (χ1v) is 19.0. The summed E-state index contributed by atoms with van der Waals surface area (Å²) in [6, 6.07) is 19.4. The zero-order valence-electron chi connectivity index (χ0n) is 33.2. The van der Waals surface area contributed by atoms with Gasteiger partial charge in [0, 0.05) is 48.6 Å². The molecule has 1 aliphatic carbocycles. The zero-order chi connectivity index (χ0) is 44.0. The number of fused-ring (bicyclic) bond motifs is 1. The van der Waals surface area contributed by atoms with Crippen LogP contribution in [0.15, 0.2) is 72.9 Å². The number of aromatic amines is 1. The molecule has 4 aromatic rings. The predicted molar refractivity (Wildman–Crippen MR) is 214 cm³/mol. The molecule has 1 fully saturated rings. The van der Waals surface area contributed by atoms with E-state index >= 15 is 0 Å². The molecule has 0 aliphatic heterocycles. The maximum absolute atomic E-state index is 13.8. The third-order valence-corrected chi connectivity index (χ3v) is 9.27. The number of carboxylic acid groups (broad SMARTS) is 2. The number of halogens is 3. The van der Waals surface area contributed by atoms with Gasteiger partial charge in [0.25, 0.3) is 5.91 Å². The summed E-state index contributed by atoms with van der Waals surface area (Å²) in [5.74, 6) is -3.71. The molecule has 19 heteroatoms. The van der Waals surface area contributed by atoms with Gasteiger partial charge < -0.3 is 41.5 Å². The fraction of sp³-hybridized carbons (Fsp3) is 0.390. The van der Waals surface area contributed by atoms with Crippen LogP contribution in [0.5, 0.6) is 0 Å². The summed E-state index contributed by atoms with van der Waals surface area (Å²) in [6.07, 6.45) is -2.12. The number of carbonyl (C=O) groups excluding carboxylic acids is 4. The van der Waals surface area contributed by atoms with Crippen molar-refractivity contribution < 1.29 is 56.9 Å². The molecule has 1 saturated carbocycles. The summed E-state index contributed by atoms with van der Waals surface area (Å²) >= 11 is 0. The molecule has 8 N–H and O–H groups in total. The Morgan fingerprint density at radius 3 is 2.15 bits per heavy atom. The number of hydrogen-bond donors (Lipinski definition) is 8. The van der Waals surface area contributed by atoms with Crippen molar-refractivity contribution in [2.45, 2.75) is 70.7 Å². The number of hydrogen-bond acceptors (Lipinski definition) is 8. The number of benzene rings is 3. The van der Waals surface area contributed by atoms with Crippen LogP contribution < -0.4 is 26.6 Å². The Kier molecular flexibility index (Phi) is 16.0. The van der Waals surface area contributed by atoms with E-state index in [-0.39, 0.29) is 49.1 Å². The van der Waals surface area contributed by atoms with Gasteiger partial charge in [-0.05, 0) is 99.4 Å². The van der Waals surface area contributed by atoms with Crippen molar-refractivity contribution >= 4 is 52.5 Å². The number of alkyl halides is 3. The number of carboxylic acids is 1. The van der Waals surface area contributed by atoms with Gasteiger partial charge in [0.05, 0.1) is 11.7 Å². The van der Waals surface area contributed by atoms with Crippen molar-refractivity contribution in [2.75, 3.05) is 25.0 Å². The monoisotopic (exact) mass is 839 g/mol. The number of nitrogens with zero attached hydrogens (tertiary/aromatic N) is 1. The first kappa shape index (κ1) is 46.0. The summed E-state index contributed by atoms with van der Waals surface area (Å²) in [4.78, 5) is 71.6. The fourth-order valence-electron chi connectivity index (χ4n) is 6.29. The first-order valence-electron chi connectivity index (χ1n) is 19.0. The molecule has 1 atom stereocenters. The first-order chi connectivity index (χ1) is 28.3. The minimum Gasteiger partial charge on any atom is -0.475 e. The molecule has 0 bridgehead atoms. The van der Waals surface area contributed by atoms with Crippen LogP contribution in [0.2, 0.25) is 0 Å². The van der Waals surface area contributed by atoms with Gasteiger partial charge in [-0.1, -0.05) is 36.4 Å². The van der Waals surface area contributed by atoms with Gasteiger partial charge >= 0.3 is 24.3 Å². The maximum atomic E-state index is 13.8. The molecular weight excluding hydrogens is 791 g/mol. The average molecular weight is 840 g/mol. The van der Waals surface area contributed by atoms with E-state index in [9.17, 15) is 37.1 Å². The number of carbonyl (C=O) groups is 6. The second-order valence-corrected chi connectivity index (χ2v) is 15.1. The molecule has 5 rings (SSSR count). The molecule has 0 radical (unpaired) electrons. The van der Waals surface area contributed by atoms with E-state index in [1.54, 1.807) is 51.2 Å². The molecule has 1 heterocycles. The van der Waals surface area contributed by atoms with Gasteiger partial charge in [0.1, 0.15) is 11.6 Å². The Bertz CT molecular complexity index is 2130. The SMILES string of the molecule is CC(C)(C)OC(=O)NCCNC(=O)c1ccc(-c2cccc(C[C@H](NC(=O)C3CCC(CNC(=O)O)CC3)C(=O)Nc3ccc4cn[nH]c4c3)c2)cc1.O=C(O)C(F)(F)F. The highest BCUT2D eigenvalue weighted by molar-refractivity contribution is 5.99. The van der Waals surface area contributed by atoms with Crippen molar-refractivity contribution in [1.29, 1.82) is 0 Å². The van der Waals surface area contributed by atoms with Crippen molar-refractivity contribution in [3.05, 3.63) is 84.1 Å². The molecule has 60 heavy (non-hydrogen) atoms. The van der Waals surface area contributed by atoms with E-state index in [0.717, 1.165) is 27.6 Å². The molecule has 1 aromatic heterocycles. The van der Waals surface area contributed by atoms with Gasteiger partial charge in [0.2, 0.25) is 11.8 Å². The Hall–Kier alpha value is -6.66. The predicted octanol–water partition coefficient (Wildman–Crippen LogP) is 5.86. The number of H-pyrrole nitrogens is 1. The van der Waals surface area contributed by atoms with Gasteiger partial charge in [-0.3, -0.25) is 19.5 Å². The number of aromatic nitrogens is 2. The molecule has 1 aliphatic rings. The maximum Gasteiger partial charge on any atom is 0.490 e. The number of nitrogens with one attached hydrogen (secondary N) is 6. The van der Waals surface area contributed by atoms with Crippen LogP contribution in [0.25, 0.3) is 22.0 Å². The van der Waals surface area contributed by atoms with Gasteiger partial charge in [-0.15, -0.1) is 0 Å². The third-order valence-electron chi connectivity index (χ3n) is 9.27. The topological polar surface area (TPSA) is 241 Å². The normalized spacial score (nSPS) is 15.6. The minimum absolute atomic E-state index is 0.172. The lowest BCUT2D eigenvalue weighted by Gasteiger charge is -2.29. The number of alkyl carbamates (subject to hydrolysis) is 1. The lowest BCUT2D eigenvalue weighted by molar-refractivity contribution is -0.192. The van der Waals surface area contributed by atoms with Crippen LogP contribution >= 0.6 is 0 Å². The lowest BCUT2D eigenvalue weighted by atomic mass is 9.81. The number of ether oxygens (including phenoxy) is 1. The summed E-state index contributed by atoms with van der Waals surface area (Å²) in [5, 5.41) is 37.7. The standard InChI is InChI=1S/C39H47N7O7.C2HF3O2/c1-39(2,3)53-38(52)41-18-17-40-34(47)27-13-11-26(12-14-27)29-6-4-5-25(19-29)20-33(36(49)44-31-16-15-30-23-43-46-32(30)21-31)45-35(48)28-9-7-24(8-10-28)22-42-37(50)51;3-2(4,5)1(6)7/h4-6,11-16,19,21,23-24,28,33,42H,7-10,17-18,20,22H2,1-3H3,(H,40,47)(H,41,52)(H,43,46)(H,44,49)(H,45,48)(H,50,51);(H,6,7)/t24?,28?,33-;/m0./s1. The van der Waals surface area contributed by atoms with E-state index < -0.39 is 36.0 Å². The Balaban J connectivity index is 0.00000104. The van der Waals surface area contributed by atoms with Gasteiger partial charge in [-0.25, -0.2) is 14.4 Å². The van der Waals surface area contributed by atoms with E-state index in [1.165, 1.54) is 0 Å².